The van der Waals surface area contributed by atoms with Crippen LogP contribution in [0.25, 0.3) is 0 Å². The molecule has 0 aromatic heterocycles. The van der Waals surface area contributed by atoms with Gasteiger partial charge in [0, 0.05) is 21.1 Å². The second-order valence-electron chi connectivity index (χ2n) is 2.83. The molecule has 1 unspecified atom stereocenters. The maximum Gasteiger partial charge on any atom is 0.416 e. The van der Waals surface area contributed by atoms with Crippen LogP contribution in [0, 0.1) is 0 Å². The van der Waals surface area contributed by atoms with Gasteiger partial charge in [0.2, 0.25) is 0 Å². The van der Waals surface area contributed by atoms with Crippen molar-refractivity contribution < 1.29 is 28.2 Å². The normalized spacial score (nSPS) is 29.3. The monoisotopic (exact) mass is 242 g/mol. The first-order chi connectivity index (χ1) is 11.7. The molecule has 0 aliphatic heterocycles. The first kappa shape index (κ1) is 4.33. The van der Waals surface area contributed by atoms with Gasteiger partial charge in [-0.2, -0.15) is 13.2 Å². The number of nitrogens with one attached hydrogen (secondary N) is 1. The van der Waals surface area contributed by atoms with Crippen LogP contribution in [0.5, 0.6) is 0 Å². The first-order valence-corrected chi connectivity index (χ1v) is 4.14. The van der Waals surface area contributed by atoms with E-state index in [2.05, 4.69) is 0 Å². The summed E-state index contributed by atoms with van der Waals surface area (Å²) in [6.07, 6.45) is -8.31. The zero-order chi connectivity index (χ0) is 21.7. The van der Waals surface area contributed by atoms with Gasteiger partial charge in [0.05, 0.1) is 5.56 Å². The number of hydrogen-bond donors (Lipinski definition) is 1. The topological polar surface area (TPSA) is 12.0 Å². The number of rotatable bonds is 4. The summed E-state index contributed by atoms with van der Waals surface area (Å²) in [4.78, 5) is 0. The van der Waals surface area contributed by atoms with Crippen molar-refractivity contribution in [3.05, 3.63) is 35.4 Å². The van der Waals surface area contributed by atoms with Crippen LogP contribution in [-0.4, -0.2) is 12.5 Å². The number of hydrogen-bond acceptors (Lipinski definition) is 1. The van der Waals surface area contributed by atoms with Crippen molar-refractivity contribution in [1.29, 1.82) is 0 Å². The average molecular weight is 242 g/mol. The summed E-state index contributed by atoms with van der Waals surface area (Å²) in [5.41, 5.74) is -2.19. The molecule has 0 aliphatic rings. The zero-order valence-corrected chi connectivity index (χ0v) is 7.94. The summed E-state index contributed by atoms with van der Waals surface area (Å²) in [5, 5.41) is 1.37. The van der Waals surface area contributed by atoms with E-state index >= 15 is 0 Å². The van der Waals surface area contributed by atoms with Crippen LogP contribution in [0.3, 0.4) is 0 Å². The van der Waals surface area contributed by atoms with E-state index in [0.29, 0.717) is 12.1 Å². The van der Waals surface area contributed by atoms with Gasteiger partial charge in [-0.15, -0.1) is 0 Å². The van der Waals surface area contributed by atoms with E-state index in [1.165, 1.54) is 5.32 Å². The lowest BCUT2D eigenvalue weighted by atomic mass is 10.0. The van der Waals surface area contributed by atoms with Gasteiger partial charge in [0.15, 0.2) is 0 Å². The summed E-state index contributed by atoms with van der Waals surface area (Å²) >= 11 is 0. The maximum absolute atomic E-state index is 12.9. The van der Waals surface area contributed by atoms with Crippen molar-refractivity contribution in [1.82, 2.24) is 5.32 Å². The number of halogens is 3. The van der Waals surface area contributed by atoms with Gasteiger partial charge < -0.3 is 5.32 Å². The Kier molecular flexibility index (Phi) is 1.45. The van der Waals surface area contributed by atoms with E-state index in [-0.39, 0.29) is 0 Å². The van der Waals surface area contributed by atoms with Gasteiger partial charge in [0.25, 0.3) is 0 Å². The molecule has 90 valence electrons. The fourth-order valence-corrected chi connectivity index (χ4v) is 1.01. The van der Waals surface area contributed by atoms with Crippen molar-refractivity contribution >= 4 is 0 Å². The third-order valence-corrected chi connectivity index (χ3v) is 1.65. The van der Waals surface area contributed by atoms with Crippen LogP contribution in [0.1, 0.15) is 39.9 Å². The van der Waals surface area contributed by atoms with Crippen molar-refractivity contribution in [3.63, 3.8) is 0 Å². The van der Waals surface area contributed by atoms with E-state index in [4.69, 9.17) is 15.1 Å². The van der Waals surface area contributed by atoms with E-state index in [1.54, 1.807) is 0 Å². The van der Waals surface area contributed by atoms with Crippen molar-refractivity contribution in [3.8, 4) is 0 Å². The second kappa shape index (κ2) is 5.34. The van der Waals surface area contributed by atoms with Gasteiger partial charge >= 0.3 is 6.18 Å². The average Bonchev–Trinajstić information content (AvgIpc) is 2.43. The molecule has 4 heteroatoms. The molecule has 1 nitrogen and oxygen atoms in total. The van der Waals surface area contributed by atoms with Crippen LogP contribution in [-0.2, 0) is 12.5 Å². The van der Waals surface area contributed by atoms with E-state index in [1.807, 2.05) is 0 Å². The minimum Gasteiger partial charge on any atom is -0.314 e. The number of benzene rings is 1. The highest BCUT2D eigenvalue weighted by molar-refractivity contribution is 5.26. The van der Waals surface area contributed by atoms with Crippen LogP contribution in [0.15, 0.2) is 24.3 Å². The predicted molar refractivity (Wildman–Crippen MR) is 58.3 cm³/mol. The fraction of sp³-hybridized carbons (Fsp3) is 0.500. The molecule has 1 aromatic rings. The van der Waals surface area contributed by atoms with E-state index in [9.17, 15) is 13.2 Å². The quantitative estimate of drug-likeness (QED) is 0.854. The molecule has 16 heavy (non-hydrogen) atoms. The maximum atomic E-state index is 12.9. The third-order valence-electron chi connectivity index (χ3n) is 1.65. The lowest BCUT2D eigenvalue weighted by Crippen LogP contribution is -2.27. The van der Waals surface area contributed by atoms with Gasteiger partial charge in [-0.3, -0.25) is 0 Å². The molecule has 0 saturated carbocycles. The Morgan fingerprint density at radius 2 is 2.38 bits per heavy atom. The molecular weight excluding hydrogens is 215 g/mol. The molecular formula is C12H16F3N. The largest absolute Gasteiger partial charge is 0.416 e. The second-order valence-corrected chi connectivity index (χ2v) is 2.83. The fourth-order valence-electron chi connectivity index (χ4n) is 1.01. The molecule has 0 radical (unpaired) electrons. The van der Waals surface area contributed by atoms with Gasteiger partial charge in [-0.1, -0.05) is 25.1 Å². The highest BCUT2D eigenvalue weighted by Crippen LogP contribution is 2.29. The summed E-state index contributed by atoms with van der Waals surface area (Å²) in [5.74, 6) is 0. The summed E-state index contributed by atoms with van der Waals surface area (Å²) in [7, 11) is 0. The molecule has 0 heterocycles. The Morgan fingerprint density at radius 3 is 3.00 bits per heavy atom. The molecule has 0 bridgehead atoms. The molecule has 0 saturated heterocycles. The smallest absolute Gasteiger partial charge is 0.314 e. The molecule has 1 atom stereocenters. The molecule has 1 aromatic carbocycles. The summed E-state index contributed by atoms with van der Waals surface area (Å²) in [6, 6.07) is -1.12. The lowest BCUT2D eigenvalue weighted by Gasteiger charge is -2.13. The van der Waals surface area contributed by atoms with Gasteiger partial charge in [0.1, 0.15) is 0 Å². The van der Waals surface area contributed by atoms with Crippen LogP contribution >= 0.6 is 0 Å². The highest BCUT2D eigenvalue weighted by atomic mass is 19.4. The zero-order valence-electron chi connectivity index (χ0n) is 18.9. The Labute approximate surface area is 109 Å². The standard InChI is InChI=1S/C12H16F3N/c1-3-16-9(2)7-10-5-4-6-11(8-10)12(13,14)15/h4-6,8-9,16H,3,7H2,1-2H3/i1D3,2D3,3D2,7D2,9D. The minimum atomic E-state index is -4.88. The summed E-state index contributed by atoms with van der Waals surface area (Å²) < 4.78 is 121. The minimum absolute atomic E-state index is 0.293. The third kappa shape index (κ3) is 3.85. The van der Waals surface area contributed by atoms with Gasteiger partial charge in [-0.25, -0.2) is 0 Å². The highest BCUT2D eigenvalue weighted by Gasteiger charge is 2.30. The lowest BCUT2D eigenvalue weighted by molar-refractivity contribution is -0.137. The first-order valence-electron chi connectivity index (χ1n) is 9.64. The number of likely N-dealkylation sites (N-methyl/N-ethyl adjacent to an activating group) is 1. The SMILES string of the molecule is [2H]C([2H])([2H])C([2H])([2H])NC([2H])(C([2H])([2H])[2H])C([2H])([2H])c1cccc(C(F)(F)F)c1. The molecule has 0 fully saturated rings. The summed E-state index contributed by atoms with van der Waals surface area (Å²) in [6.45, 7) is -10.6. The number of alkyl halides is 3. The van der Waals surface area contributed by atoms with E-state index < -0.39 is 49.9 Å². The van der Waals surface area contributed by atoms with Gasteiger partial charge in [-0.05, 0) is 31.4 Å². The molecule has 0 aliphatic carbocycles. The van der Waals surface area contributed by atoms with E-state index in [0.717, 1.165) is 12.1 Å². The van der Waals surface area contributed by atoms with Crippen LogP contribution < -0.4 is 5.32 Å². The van der Waals surface area contributed by atoms with Crippen LogP contribution in [0.2, 0.25) is 0 Å². The van der Waals surface area contributed by atoms with Crippen molar-refractivity contribution in [2.24, 2.45) is 0 Å². The molecule has 1 N–H and O–H groups in total. The molecule has 0 spiro atoms. The molecule has 1 rings (SSSR count). The predicted octanol–water partition coefficient (Wildman–Crippen LogP) is 3.25. The Morgan fingerprint density at radius 1 is 1.56 bits per heavy atom. The Hall–Kier alpha value is -1.03. The Balaban J connectivity index is 3.60. The molecule has 0 amide bonds. The Bertz CT molecular complexity index is 680. The van der Waals surface area contributed by atoms with Crippen molar-refractivity contribution in [2.75, 3.05) is 6.50 Å². The van der Waals surface area contributed by atoms with Crippen LogP contribution in [0.4, 0.5) is 13.2 Å². The van der Waals surface area contributed by atoms with Crippen molar-refractivity contribution in [2.45, 2.75) is 32.3 Å².